The van der Waals surface area contributed by atoms with Crippen molar-refractivity contribution in [2.24, 2.45) is 0 Å². The van der Waals surface area contributed by atoms with E-state index in [1.165, 1.54) is 12.5 Å². The van der Waals surface area contributed by atoms with Gasteiger partial charge in [-0.1, -0.05) is 42.5 Å². The van der Waals surface area contributed by atoms with Crippen LogP contribution in [0.3, 0.4) is 0 Å². The average Bonchev–Trinajstić information content (AvgIpc) is 2.83. The lowest BCUT2D eigenvalue weighted by Gasteiger charge is -2.33. The van der Waals surface area contributed by atoms with E-state index < -0.39 is 0 Å². The van der Waals surface area contributed by atoms with Crippen LogP contribution < -0.4 is 5.32 Å². The molecule has 1 unspecified atom stereocenters. The van der Waals surface area contributed by atoms with Crippen LogP contribution in [0.5, 0.6) is 0 Å². The Kier molecular flexibility index (Phi) is 6.90. The number of rotatable bonds is 6. The predicted molar refractivity (Wildman–Crippen MR) is 125 cm³/mol. The maximum absolute atomic E-state index is 12.9. The number of likely N-dealkylation sites (tertiary alicyclic amines) is 1. The van der Waals surface area contributed by atoms with E-state index in [0.29, 0.717) is 13.0 Å². The first kappa shape index (κ1) is 21.7. The van der Waals surface area contributed by atoms with Gasteiger partial charge in [0.1, 0.15) is 0 Å². The predicted octanol–water partition coefficient (Wildman–Crippen LogP) is 4.44. The number of aryl methyl sites for hydroxylation is 1. The third-order valence-corrected chi connectivity index (χ3v) is 5.81. The fraction of sp³-hybridized carbons (Fsp3) is 0.308. The molecule has 0 saturated carbocycles. The number of benzene rings is 2. The quantitative estimate of drug-likeness (QED) is 0.630. The Bertz CT molecular complexity index is 1080. The standard InChI is InChI=1S/C26H28N4O2/c1-19(31)29-23-11-5-9-21(17-23)25-26(28-15-14-27-25)22-10-6-16-30(18-22)24(32)13-12-20-7-3-2-4-8-20/h2-5,7-9,11,14-15,17,22H,6,10,12-13,16,18H2,1H3,(H,29,31). The van der Waals surface area contributed by atoms with Gasteiger partial charge in [-0.05, 0) is 37.0 Å². The molecule has 0 aliphatic carbocycles. The molecule has 0 spiro atoms. The number of nitrogens with one attached hydrogen (secondary N) is 1. The van der Waals surface area contributed by atoms with Crippen molar-refractivity contribution < 1.29 is 9.59 Å². The zero-order chi connectivity index (χ0) is 22.3. The van der Waals surface area contributed by atoms with Crippen molar-refractivity contribution in [3.05, 3.63) is 78.2 Å². The fourth-order valence-electron chi connectivity index (χ4n) is 4.30. The highest BCUT2D eigenvalue weighted by molar-refractivity contribution is 5.89. The lowest BCUT2D eigenvalue weighted by molar-refractivity contribution is -0.132. The molecule has 6 heteroatoms. The summed E-state index contributed by atoms with van der Waals surface area (Å²) in [5, 5.41) is 2.82. The van der Waals surface area contributed by atoms with Gasteiger partial charge in [0.2, 0.25) is 11.8 Å². The minimum atomic E-state index is -0.113. The van der Waals surface area contributed by atoms with E-state index in [9.17, 15) is 9.59 Å². The number of anilines is 1. The molecule has 1 atom stereocenters. The maximum atomic E-state index is 12.9. The Labute approximate surface area is 188 Å². The average molecular weight is 429 g/mol. The Balaban J connectivity index is 1.49. The van der Waals surface area contributed by atoms with E-state index in [1.807, 2.05) is 47.4 Å². The fourth-order valence-corrected chi connectivity index (χ4v) is 4.30. The number of piperidine rings is 1. The molecule has 2 heterocycles. The van der Waals surface area contributed by atoms with Crippen molar-refractivity contribution in [3.8, 4) is 11.3 Å². The summed E-state index contributed by atoms with van der Waals surface area (Å²) in [4.78, 5) is 35.6. The minimum absolute atomic E-state index is 0.113. The van der Waals surface area contributed by atoms with Gasteiger partial charge in [-0.25, -0.2) is 0 Å². The van der Waals surface area contributed by atoms with E-state index in [0.717, 1.165) is 48.4 Å². The summed E-state index contributed by atoms with van der Waals surface area (Å²) in [5.41, 5.74) is 4.54. The Morgan fingerprint density at radius 1 is 1.06 bits per heavy atom. The number of carbonyl (C=O) groups excluding carboxylic acids is 2. The molecule has 2 aromatic carbocycles. The Morgan fingerprint density at radius 3 is 2.69 bits per heavy atom. The summed E-state index contributed by atoms with van der Waals surface area (Å²) in [5.74, 6) is 0.215. The molecule has 1 aliphatic rings. The molecular weight excluding hydrogens is 400 g/mol. The van der Waals surface area contributed by atoms with Crippen LogP contribution in [-0.4, -0.2) is 39.8 Å². The molecule has 4 rings (SSSR count). The maximum Gasteiger partial charge on any atom is 0.222 e. The highest BCUT2D eigenvalue weighted by Crippen LogP contribution is 2.32. The summed E-state index contributed by atoms with van der Waals surface area (Å²) in [6.45, 7) is 2.94. The summed E-state index contributed by atoms with van der Waals surface area (Å²) in [6.07, 6.45) is 6.60. The highest BCUT2D eigenvalue weighted by Gasteiger charge is 2.27. The van der Waals surface area contributed by atoms with Crippen LogP contribution in [0.25, 0.3) is 11.3 Å². The second-order valence-electron chi connectivity index (χ2n) is 8.22. The molecule has 0 bridgehead atoms. The summed E-state index contributed by atoms with van der Waals surface area (Å²) >= 11 is 0. The molecule has 1 saturated heterocycles. The van der Waals surface area contributed by atoms with Crippen LogP contribution >= 0.6 is 0 Å². The molecule has 3 aromatic rings. The van der Waals surface area contributed by atoms with Gasteiger partial charge in [0.05, 0.1) is 11.4 Å². The zero-order valence-electron chi connectivity index (χ0n) is 18.3. The highest BCUT2D eigenvalue weighted by atomic mass is 16.2. The van der Waals surface area contributed by atoms with Gasteiger partial charge in [-0.2, -0.15) is 0 Å². The minimum Gasteiger partial charge on any atom is -0.342 e. The van der Waals surface area contributed by atoms with Gasteiger partial charge in [0.15, 0.2) is 0 Å². The zero-order valence-corrected chi connectivity index (χ0v) is 18.3. The van der Waals surface area contributed by atoms with Crippen LogP contribution in [0.4, 0.5) is 5.69 Å². The molecular formula is C26H28N4O2. The molecule has 164 valence electrons. The summed E-state index contributed by atoms with van der Waals surface area (Å²) in [7, 11) is 0. The molecule has 1 aromatic heterocycles. The van der Waals surface area contributed by atoms with E-state index in [4.69, 9.17) is 0 Å². The molecule has 2 amide bonds. The van der Waals surface area contributed by atoms with E-state index in [-0.39, 0.29) is 17.7 Å². The summed E-state index contributed by atoms with van der Waals surface area (Å²) < 4.78 is 0. The van der Waals surface area contributed by atoms with Crippen LogP contribution in [0.1, 0.15) is 43.4 Å². The number of aromatic nitrogens is 2. The molecule has 6 nitrogen and oxygen atoms in total. The van der Waals surface area contributed by atoms with Gasteiger partial charge >= 0.3 is 0 Å². The largest absolute Gasteiger partial charge is 0.342 e. The monoisotopic (exact) mass is 428 g/mol. The van der Waals surface area contributed by atoms with Crippen molar-refractivity contribution in [2.45, 2.75) is 38.5 Å². The van der Waals surface area contributed by atoms with Crippen molar-refractivity contribution in [2.75, 3.05) is 18.4 Å². The van der Waals surface area contributed by atoms with E-state index in [1.54, 1.807) is 12.4 Å². The van der Waals surface area contributed by atoms with Gasteiger partial charge in [0, 0.05) is 56.0 Å². The topological polar surface area (TPSA) is 75.2 Å². The number of hydrogen-bond donors (Lipinski definition) is 1. The van der Waals surface area contributed by atoms with Crippen LogP contribution in [-0.2, 0) is 16.0 Å². The van der Waals surface area contributed by atoms with Crippen molar-refractivity contribution >= 4 is 17.5 Å². The molecule has 1 aliphatic heterocycles. The SMILES string of the molecule is CC(=O)Nc1cccc(-c2nccnc2C2CCCN(C(=O)CCc3ccccc3)C2)c1. The molecule has 1 N–H and O–H groups in total. The lowest BCUT2D eigenvalue weighted by Crippen LogP contribution is -2.39. The third-order valence-electron chi connectivity index (χ3n) is 5.81. The summed E-state index contributed by atoms with van der Waals surface area (Å²) in [6, 6.07) is 17.8. The van der Waals surface area contributed by atoms with Crippen molar-refractivity contribution in [1.29, 1.82) is 0 Å². The molecule has 0 radical (unpaired) electrons. The van der Waals surface area contributed by atoms with Crippen LogP contribution in [0.15, 0.2) is 67.0 Å². The smallest absolute Gasteiger partial charge is 0.222 e. The van der Waals surface area contributed by atoms with Crippen LogP contribution in [0.2, 0.25) is 0 Å². The lowest BCUT2D eigenvalue weighted by atomic mass is 9.91. The molecule has 1 fully saturated rings. The van der Waals surface area contributed by atoms with E-state index in [2.05, 4.69) is 27.4 Å². The Hall–Kier alpha value is -3.54. The number of nitrogens with zero attached hydrogens (tertiary/aromatic N) is 3. The van der Waals surface area contributed by atoms with Crippen LogP contribution in [0, 0.1) is 0 Å². The van der Waals surface area contributed by atoms with Crippen molar-refractivity contribution in [1.82, 2.24) is 14.9 Å². The molecule has 32 heavy (non-hydrogen) atoms. The first-order valence-electron chi connectivity index (χ1n) is 11.1. The van der Waals surface area contributed by atoms with Gasteiger partial charge < -0.3 is 10.2 Å². The Morgan fingerprint density at radius 2 is 1.88 bits per heavy atom. The number of carbonyl (C=O) groups is 2. The number of amides is 2. The second kappa shape index (κ2) is 10.2. The first-order valence-corrected chi connectivity index (χ1v) is 11.1. The normalized spacial score (nSPS) is 15.9. The second-order valence-corrected chi connectivity index (χ2v) is 8.22. The van der Waals surface area contributed by atoms with Crippen molar-refractivity contribution in [3.63, 3.8) is 0 Å². The van der Waals surface area contributed by atoms with E-state index >= 15 is 0 Å². The van der Waals surface area contributed by atoms with Gasteiger partial charge in [-0.15, -0.1) is 0 Å². The third kappa shape index (κ3) is 5.38. The van der Waals surface area contributed by atoms with Gasteiger partial charge in [0.25, 0.3) is 0 Å². The van der Waals surface area contributed by atoms with Gasteiger partial charge in [-0.3, -0.25) is 19.6 Å². The first-order chi connectivity index (χ1) is 15.6. The number of hydrogen-bond acceptors (Lipinski definition) is 4.